The van der Waals surface area contributed by atoms with Crippen LogP contribution in [-0.2, 0) is 13.3 Å². The summed E-state index contributed by atoms with van der Waals surface area (Å²) in [6.07, 6.45) is 19.2. The molecule has 0 aliphatic heterocycles. The van der Waals surface area contributed by atoms with E-state index >= 15 is 0 Å². The van der Waals surface area contributed by atoms with Crippen LogP contribution in [0.3, 0.4) is 0 Å². The molecule has 0 heterocycles. The Labute approximate surface area is 172 Å². The first-order valence-corrected chi connectivity index (χ1v) is 13.7. The van der Waals surface area contributed by atoms with Crippen molar-refractivity contribution in [2.75, 3.05) is 14.2 Å². The predicted molar refractivity (Wildman–Crippen MR) is 120 cm³/mol. The van der Waals surface area contributed by atoms with E-state index in [4.69, 9.17) is 13.3 Å². The van der Waals surface area contributed by atoms with Gasteiger partial charge in [-0.2, -0.15) is 0 Å². The van der Waals surface area contributed by atoms with Crippen molar-refractivity contribution in [3.63, 3.8) is 0 Å². The van der Waals surface area contributed by atoms with Gasteiger partial charge >= 0.3 is 8.80 Å². The fraction of sp³-hybridized carbons (Fsp3) is 1.00. The van der Waals surface area contributed by atoms with Crippen LogP contribution in [0, 0.1) is 0 Å². The Morgan fingerprint density at radius 1 is 0.593 bits per heavy atom. The van der Waals surface area contributed by atoms with Gasteiger partial charge in [0, 0.05) is 20.3 Å². The van der Waals surface area contributed by atoms with Crippen LogP contribution in [0.2, 0.25) is 6.04 Å². The third-order valence-corrected chi connectivity index (χ3v) is 8.86. The first-order valence-electron chi connectivity index (χ1n) is 11.8. The summed E-state index contributed by atoms with van der Waals surface area (Å²) in [5.74, 6) is 0. The Kier molecular flexibility index (Phi) is 17.1. The molecule has 0 rings (SSSR count). The van der Waals surface area contributed by atoms with E-state index in [1.54, 1.807) is 14.2 Å². The van der Waals surface area contributed by atoms with Crippen LogP contribution in [0.1, 0.15) is 124 Å². The molecule has 0 unspecified atom stereocenters. The van der Waals surface area contributed by atoms with Gasteiger partial charge in [0.05, 0.1) is 5.60 Å². The molecule has 4 heteroatoms. The summed E-state index contributed by atoms with van der Waals surface area (Å²) in [6, 6.07) is 0.905. The summed E-state index contributed by atoms with van der Waals surface area (Å²) < 4.78 is 18.4. The van der Waals surface area contributed by atoms with E-state index in [-0.39, 0.29) is 5.60 Å². The highest BCUT2D eigenvalue weighted by molar-refractivity contribution is 6.60. The van der Waals surface area contributed by atoms with E-state index in [0.717, 1.165) is 25.3 Å². The van der Waals surface area contributed by atoms with Gasteiger partial charge in [0.15, 0.2) is 0 Å². The van der Waals surface area contributed by atoms with Crippen molar-refractivity contribution in [2.45, 2.75) is 136 Å². The minimum Gasteiger partial charge on any atom is -0.377 e. The molecule has 3 nitrogen and oxygen atoms in total. The molecule has 0 amide bonds. The van der Waals surface area contributed by atoms with Gasteiger partial charge in [0.2, 0.25) is 0 Å². The van der Waals surface area contributed by atoms with Crippen LogP contribution in [0.15, 0.2) is 0 Å². The highest BCUT2D eigenvalue weighted by Gasteiger charge is 2.44. The lowest BCUT2D eigenvalue weighted by molar-refractivity contribution is -0.0197. The molecular weight excluding hydrogens is 352 g/mol. The van der Waals surface area contributed by atoms with Gasteiger partial charge in [0.25, 0.3) is 0 Å². The van der Waals surface area contributed by atoms with E-state index in [1.807, 2.05) is 0 Å². The molecule has 0 fully saturated rings. The van der Waals surface area contributed by atoms with Crippen LogP contribution < -0.4 is 0 Å². The van der Waals surface area contributed by atoms with E-state index in [0.29, 0.717) is 0 Å². The lowest BCUT2D eigenvalue weighted by atomic mass is 9.91. The number of rotatable bonds is 20. The zero-order valence-corrected chi connectivity index (χ0v) is 20.5. The lowest BCUT2D eigenvalue weighted by Gasteiger charge is -2.38. The summed E-state index contributed by atoms with van der Waals surface area (Å²) in [5.41, 5.74) is -0.108. The molecule has 0 aromatic rings. The zero-order valence-electron chi connectivity index (χ0n) is 19.5. The second kappa shape index (κ2) is 17.0. The Balaban J connectivity index is 4.65. The molecule has 0 atom stereocenters. The van der Waals surface area contributed by atoms with Crippen molar-refractivity contribution in [1.29, 1.82) is 0 Å². The summed E-state index contributed by atoms with van der Waals surface area (Å²) in [4.78, 5) is 0. The minimum absolute atomic E-state index is 0.108. The highest BCUT2D eigenvalue weighted by atomic mass is 28.4. The number of hydrogen-bond acceptors (Lipinski definition) is 3. The van der Waals surface area contributed by atoms with Crippen molar-refractivity contribution in [1.82, 2.24) is 0 Å². The fourth-order valence-corrected chi connectivity index (χ4v) is 6.30. The standard InChI is InChI=1S/C23H50O3Si/c1-7-10-12-14-16-18-20-23(4,21-19-17-15-13-11-8-2)26-27(24-5,25-6)22-9-3/h7-22H2,1-6H3. The second-order valence-corrected chi connectivity index (χ2v) is 11.3. The Morgan fingerprint density at radius 3 is 1.37 bits per heavy atom. The quantitative estimate of drug-likeness (QED) is 0.153. The van der Waals surface area contributed by atoms with Crippen LogP contribution in [0.4, 0.5) is 0 Å². The SMILES string of the molecule is CCCCCCCCC(C)(CCCCCCCC)O[Si](CCC)(OC)OC. The maximum atomic E-state index is 6.71. The molecule has 0 N–H and O–H groups in total. The van der Waals surface area contributed by atoms with E-state index in [2.05, 4.69) is 27.7 Å². The molecule has 0 aliphatic rings. The topological polar surface area (TPSA) is 27.7 Å². The Hall–Kier alpha value is 0.0969. The zero-order chi connectivity index (χ0) is 20.4. The van der Waals surface area contributed by atoms with E-state index in [9.17, 15) is 0 Å². The molecule has 0 bridgehead atoms. The average Bonchev–Trinajstić information content (AvgIpc) is 2.67. The second-order valence-electron chi connectivity index (χ2n) is 8.43. The molecule has 0 saturated carbocycles. The minimum atomic E-state index is -2.54. The number of unbranched alkanes of at least 4 members (excludes halogenated alkanes) is 10. The third-order valence-electron chi connectivity index (χ3n) is 5.70. The van der Waals surface area contributed by atoms with Gasteiger partial charge in [-0.15, -0.1) is 0 Å². The predicted octanol–water partition coefficient (Wildman–Crippen LogP) is 7.90. The molecule has 164 valence electrons. The number of hydrogen-bond donors (Lipinski definition) is 0. The van der Waals surface area contributed by atoms with Gasteiger partial charge in [-0.1, -0.05) is 104 Å². The normalized spacial score (nSPS) is 12.7. The van der Waals surface area contributed by atoms with Gasteiger partial charge < -0.3 is 13.3 Å². The Bertz CT molecular complexity index is 303. The smallest absolute Gasteiger partial charge is 0.377 e. The van der Waals surface area contributed by atoms with Gasteiger partial charge in [0.1, 0.15) is 0 Å². The highest BCUT2D eigenvalue weighted by Crippen LogP contribution is 2.32. The third kappa shape index (κ3) is 13.0. The molecular formula is C23H50O3Si. The summed E-state index contributed by atoms with van der Waals surface area (Å²) in [6.45, 7) is 9.04. The monoisotopic (exact) mass is 402 g/mol. The average molecular weight is 403 g/mol. The molecule has 0 aromatic carbocycles. The van der Waals surface area contributed by atoms with Gasteiger partial charge in [-0.25, -0.2) is 0 Å². The van der Waals surface area contributed by atoms with Crippen LogP contribution in [0.25, 0.3) is 0 Å². The van der Waals surface area contributed by atoms with Crippen LogP contribution >= 0.6 is 0 Å². The van der Waals surface area contributed by atoms with E-state index in [1.165, 1.54) is 77.0 Å². The fourth-order valence-electron chi connectivity index (χ4n) is 3.89. The van der Waals surface area contributed by atoms with Crippen molar-refractivity contribution in [3.05, 3.63) is 0 Å². The molecule has 0 saturated heterocycles. The maximum Gasteiger partial charge on any atom is 0.500 e. The molecule has 27 heavy (non-hydrogen) atoms. The molecule has 0 radical (unpaired) electrons. The summed E-state index contributed by atoms with van der Waals surface area (Å²) >= 11 is 0. The first kappa shape index (κ1) is 27.1. The summed E-state index contributed by atoms with van der Waals surface area (Å²) in [5, 5.41) is 0. The van der Waals surface area contributed by atoms with Crippen molar-refractivity contribution in [2.24, 2.45) is 0 Å². The Morgan fingerprint density at radius 2 is 1.00 bits per heavy atom. The van der Waals surface area contributed by atoms with Crippen molar-refractivity contribution < 1.29 is 13.3 Å². The molecule has 0 aliphatic carbocycles. The summed E-state index contributed by atoms with van der Waals surface area (Å²) in [7, 11) is 0.989. The van der Waals surface area contributed by atoms with Gasteiger partial charge in [-0.3, -0.25) is 0 Å². The largest absolute Gasteiger partial charge is 0.500 e. The van der Waals surface area contributed by atoms with Crippen LogP contribution in [0.5, 0.6) is 0 Å². The molecule has 0 aromatic heterocycles. The van der Waals surface area contributed by atoms with Crippen molar-refractivity contribution >= 4 is 8.80 Å². The van der Waals surface area contributed by atoms with Crippen molar-refractivity contribution in [3.8, 4) is 0 Å². The maximum absolute atomic E-state index is 6.71. The lowest BCUT2D eigenvalue weighted by Crippen LogP contribution is -2.51. The van der Waals surface area contributed by atoms with Crippen LogP contribution in [-0.4, -0.2) is 28.6 Å². The van der Waals surface area contributed by atoms with E-state index < -0.39 is 8.80 Å². The first-order chi connectivity index (χ1) is 13.0. The van der Waals surface area contributed by atoms with Gasteiger partial charge in [-0.05, 0) is 19.8 Å². The molecule has 0 spiro atoms.